The van der Waals surface area contributed by atoms with Crippen molar-refractivity contribution in [2.24, 2.45) is 0 Å². The molecule has 1 saturated heterocycles. The van der Waals surface area contributed by atoms with Gasteiger partial charge in [-0.1, -0.05) is 11.6 Å². The van der Waals surface area contributed by atoms with Gasteiger partial charge in [0.2, 0.25) is 11.6 Å². The number of carbonyl (C=O) groups excluding carboxylic acids is 2. The summed E-state index contributed by atoms with van der Waals surface area (Å²) < 4.78 is 27.0. The van der Waals surface area contributed by atoms with E-state index >= 15 is 0 Å². The van der Waals surface area contributed by atoms with E-state index in [1.165, 1.54) is 13.4 Å². The zero-order chi connectivity index (χ0) is 23.4. The van der Waals surface area contributed by atoms with Crippen LogP contribution in [-0.2, 0) is 23.8 Å². The molecule has 0 amide bonds. The molecule has 1 fully saturated rings. The molecule has 1 aromatic heterocycles. The number of methoxy groups -OCH3 is 2. The Hall–Kier alpha value is -3.21. The summed E-state index contributed by atoms with van der Waals surface area (Å²) in [7, 11) is 3.09. The summed E-state index contributed by atoms with van der Waals surface area (Å²) in [5.74, 6) is -0.0356. The Kier molecular flexibility index (Phi) is 7.07. The Labute approximate surface area is 194 Å². The van der Waals surface area contributed by atoms with Crippen LogP contribution in [0.4, 0.5) is 5.82 Å². The lowest BCUT2D eigenvalue weighted by Crippen LogP contribution is -2.25. The van der Waals surface area contributed by atoms with Gasteiger partial charge in [0.15, 0.2) is 17.3 Å². The van der Waals surface area contributed by atoms with Gasteiger partial charge in [-0.2, -0.15) is 0 Å². The summed E-state index contributed by atoms with van der Waals surface area (Å²) in [6.07, 6.45) is 2.78. The molecule has 1 unspecified atom stereocenters. The predicted octanol–water partition coefficient (Wildman–Crippen LogP) is 2.37. The molecule has 1 aliphatic heterocycles. The Morgan fingerprint density at radius 3 is 2.76 bits per heavy atom. The first-order valence-electron chi connectivity index (χ1n) is 10.2. The summed E-state index contributed by atoms with van der Waals surface area (Å²) in [4.78, 5) is 33.9. The van der Waals surface area contributed by atoms with Crippen molar-refractivity contribution in [2.45, 2.75) is 12.5 Å². The van der Waals surface area contributed by atoms with E-state index in [-0.39, 0.29) is 22.6 Å². The van der Waals surface area contributed by atoms with Crippen molar-refractivity contribution in [3.8, 4) is 11.5 Å². The number of allylic oxidation sites excluding steroid dienone is 2. The Bertz CT molecular complexity index is 1140. The SMILES string of the molecule is COCCOc1cc2ncnc(NC3=CC(=O)C(OC4CCOC4)=C(Cl)C3=O)c2cc1OC. The fourth-order valence-electron chi connectivity index (χ4n) is 3.37. The molecular formula is C22H22ClN3O7. The molecule has 1 N–H and O–H groups in total. The number of nitrogens with one attached hydrogen (secondary N) is 1. The molecule has 33 heavy (non-hydrogen) atoms. The normalized spacial score (nSPS) is 18.5. The minimum atomic E-state index is -0.580. The fourth-order valence-corrected chi connectivity index (χ4v) is 3.60. The van der Waals surface area contributed by atoms with Crippen molar-refractivity contribution >= 4 is 39.9 Å². The van der Waals surface area contributed by atoms with Gasteiger partial charge in [0.25, 0.3) is 0 Å². The molecule has 0 spiro atoms. The van der Waals surface area contributed by atoms with E-state index in [0.717, 1.165) is 6.08 Å². The van der Waals surface area contributed by atoms with Crippen molar-refractivity contribution in [2.75, 3.05) is 46.0 Å². The minimum absolute atomic E-state index is 0.0283. The summed E-state index contributed by atoms with van der Waals surface area (Å²) >= 11 is 6.20. The van der Waals surface area contributed by atoms with E-state index in [1.54, 1.807) is 19.2 Å². The van der Waals surface area contributed by atoms with Gasteiger partial charge in [0.05, 0.1) is 38.1 Å². The first-order valence-corrected chi connectivity index (χ1v) is 10.6. The molecule has 174 valence electrons. The van der Waals surface area contributed by atoms with Gasteiger partial charge >= 0.3 is 0 Å². The monoisotopic (exact) mass is 475 g/mol. The van der Waals surface area contributed by atoms with Crippen LogP contribution in [-0.4, -0.2) is 68.3 Å². The number of hydrogen-bond acceptors (Lipinski definition) is 10. The highest BCUT2D eigenvalue weighted by atomic mass is 35.5. The quantitative estimate of drug-likeness (QED) is 0.427. The van der Waals surface area contributed by atoms with Crippen LogP contribution in [0, 0.1) is 0 Å². The largest absolute Gasteiger partial charge is 0.493 e. The highest BCUT2D eigenvalue weighted by Gasteiger charge is 2.32. The molecule has 1 aliphatic carbocycles. The number of hydrogen-bond donors (Lipinski definition) is 1. The number of rotatable bonds is 9. The maximum atomic E-state index is 12.8. The lowest BCUT2D eigenvalue weighted by Gasteiger charge is -2.20. The number of nitrogens with zero attached hydrogens (tertiary/aromatic N) is 2. The van der Waals surface area contributed by atoms with Crippen molar-refractivity contribution in [1.82, 2.24) is 9.97 Å². The van der Waals surface area contributed by atoms with Crippen molar-refractivity contribution < 1.29 is 33.3 Å². The number of fused-ring (bicyclic) bond motifs is 1. The first kappa shape index (κ1) is 23.0. The zero-order valence-electron chi connectivity index (χ0n) is 18.1. The number of Topliss-reactive ketones (excluding diaryl/α,β-unsaturated/α-hetero) is 1. The van der Waals surface area contributed by atoms with Gasteiger partial charge in [0.1, 0.15) is 29.9 Å². The van der Waals surface area contributed by atoms with E-state index in [9.17, 15) is 9.59 Å². The zero-order valence-corrected chi connectivity index (χ0v) is 18.8. The highest BCUT2D eigenvalue weighted by Crippen LogP contribution is 2.35. The maximum absolute atomic E-state index is 12.8. The summed E-state index contributed by atoms with van der Waals surface area (Å²) in [6.45, 7) is 1.62. The molecule has 1 atom stereocenters. The summed E-state index contributed by atoms with van der Waals surface area (Å²) in [6, 6.07) is 3.38. The van der Waals surface area contributed by atoms with E-state index in [0.29, 0.717) is 61.1 Å². The van der Waals surface area contributed by atoms with Crippen LogP contribution in [0.2, 0.25) is 0 Å². The van der Waals surface area contributed by atoms with E-state index in [4.69, 9.17) is 35.3 Å². The van der Waals surface area contributed by atoms with Gasteiger partial charge in [-0.15, -0.1) is 0 Å². The van der Waals surface area contributed by atoms with Gasteiger partial charge < -0.3 is 29.0 Å². The summed E-state index contributed by atoms with van der Waals surface area (Å²) in [5, 5.41) is 3.16. The minimum Gasteiger partial charge on any atom is -0.493 e. The molecule has 2 aliphatic rings. The van der Waals surface area contributed by atoms with E-state index in [2.05, 4.69) is 15.3 Å². The molecule has 0 saturated carbocycles. The van der Waals surface area contributed by atoms with Crippen LogP contribution in [0.1, 0.15) is 6.42 Å². The third-order valence-electron chi connectivity index (χ3n) is 5.03. The molecule has 2 heterocycles. The second-order valence-electron chi connectivity index (χ2n) is 7.21. The van der Waals surface area contributed by atoms with Crippen LogP contribution < -0.4 is 14.8 Å². The van der Waals surface area contributed by atoms with Crippen LogP contribution in [0.15, 0.2) is 41.0 Å². The van der Waals surface area contributed by atoms with Crippen LogP contribution in [0.3, 0.4) is 0 Å². The van der Waals surface area contributed by atoms with Gasteiger partial charge in [-0.05, 0) is 6.07 Å². The van der Waals surface area contributed by atoms with E-state index in [1.807, 2.05) is 0 Å². The first-order chi connectivity index (χ1) is 16.0. The van der Waals surface area contributed by atoms with Crippen LogP contribution >= 0.6 is 11.6 Å². The second-order valence-corrected chi connectivity index (χ2v) is 7.58. The molecule has 0 radical (unpaired) electrons. The number of halogens is 1. The topological polar surface area (TPSA) is 118 Å². The van der Waals surface area contributed by atoms with Crippen molar-refractivity contribution in [3.63, 3.8) is 0 Å². The standard InChI is InChI=1S/C22H22ClN3O7/c1-29-5-6-32-18-9-14-13(7-17(18)30-2)22(25-11-24-14)26-15-8-16(27)21(19(23)20(15)28)33-12-3-4-31-10-12/h7-9,11-12H,3-6,10H2,1-2H3,(H,24,25,26). The van der Waals surface area contributed by atoms with Gasteiger partial charge in [-0.25, -0.2) is 9.97 Å². The molecule has 10 nitrogen and oxygen atoms in total. The highest BCUT2D eigenvalue weighted by molar-refractivity contribution is 6.49. The molecule has 1 aromatic carbocycles. The number of carbonyl (C=O) groups is 2. The number of ketones is 2. The number of benzene rings is 1. The van der Waals surface area contributed by atoms with Crippen molar-refractivity contribution in [3.05, 3.63) is 41.0 Å². The second kappa shape index (κ2) is 10.2. The Morgan fingerprint density at radius 2 is 2.03 bits per heavy atom. The molecule has 2 aromatic rings. The summed E-state index contributed by atoms with van der Waals surface area (Å²) in [5.41, 5.74) is 0.516. The predicted molar refractivity (Wildman–Crippen MR) is 118 cm³/mol. The van der Waals surface area contributed by atoms with Crippen molar-refractivity contribution in [1.29, 1.82) is 0 Å². The average Bonchev–Trinajstić information content (AvgIpc) is 3.33. The smallest absolute Gasteiger partial charge is 0.224 e. The van der Waals surface area contributed by atoms with Crippen LogP contribution in [0.25, 0.3) is 10.9 Å². The number of aromatic nitrogens is 2. The molecular weight excluding hydrogens is 454 g/mol. The Balaban J connectivity index is 1.59. The Morgan fingerprint density at radius 1 is 1.18 bits per heavy atom. The lowest BCUT2D eigenvalue weighted by molar-refractivity contribution is -0.118. The van der Waals surface area contributed by atoms with E-state index < -0.39 is 11.6 Å². The van der Waals surface area contributed by atoms with Gasteiger partial charge in [0, 0.05) is 31.1 Å². The fraction of sp³-hybridized carbons (Fsp3) is 0.364. The molecule has 4 rings (SSSR count). The number of ether oxygens (including phenoxy) is 5. The molecule has 0 bridgehead atoms. The number of anilines is 1. The lowest BCUT2D eigenvalue weighted by atomic mass is 10.1. The third kappa shape index (κ3) is 4.92. The maximum Gasteiger partial charge on any atom is 0.224 e. The van der Waals surface area contributed by atoms with Crippen LogP contribution in [0.5, 0.6) is 11.5 Å². The van der Waals surface area contributed by atoms with Gasteiger partial charge in [-0.3, -0.25) is 9.59 Å². The average molecular weight is 476 g/mol. The third-order valence-corrected chi connectivity index (χ3v) is 5.38. The molecule has 11 heteroatoms.